The molecule has 0 aliphatic carbocycles. The number of anilines is 1. The number of nitro groups is 1. The van der Waals surface area contributed by atoms with Crippen molar-refractivity contribution in [3.8, 4) is 0 Å². The molecule has 0 saturated carbocycles. The highest BCUT2D eigenvalue weighted by Crippen LogP contribution is 2.25. The number of pyridine rings is 2. The lowest BCUT2D eigenvalue weighted by Crippen LogP contribution is -2.46. The molecule has 1 fully saturated rings. The Bertz CT molecular complexity index is 1040. The van der Waals surface area contributed by atoms with Crippen molar-refractivity contribution < 1.29 is 4.92 Å². The zero-order valence-corrected chi connectivity index (χ0v) is 14.6. The molecule has 3 aromatic heterocycles. The van der Waals surface area contributed by atoms with Crippen LogP contribution in [-0.2, 0) is 6.54 Å². The summed E-state index contributed by atoms with van der Waals surface area (Å²) in [7, 11) is 0. The first-order valence-corrected chi connectivity index (χ1v) is 8.66. The Balaban J connectivity index is 1.46. The predicted molar refractivity (Wildman–Crippen MR) is 99.8 cm³/mol. The molecule has 0 bridgehead atoms. The van der Waals surface area contributed by atoms with Crippen LogP contribution in [0, 0.1) is 10.1 Å². The van der Waals surface area contributed by atoms with Crippen molar-refractivity contribution in [1.29, 1.82) is 0 Å². The molecule has 0 amide bonds. The number of rotatable bonds is 4. The Morgan fingerprint density at radius 2 is 1.93 bits per heavy atom. The Morgan fingerprint density at radius 1 is 1.11 bits per heavy atom. The van der Waals surface area contributed by atoms with Gasteiger partial charge in [-0.3, -0.25) is 24.2 Å². The van der Waals surface area contributed by atoms with E-state index in [1.807, 2.05) is 17.0 Å². The largest absolute Gasteiger partial charge is 0.348 e. The summed E-state index contributed by atoms with van der Waals surface area (Å²) in [6, 6.07) is 10.1. The minimum Gasteiger partial charge on any atom is -0.348 e. The molecule has 3 aromatic rings. The monoisotopic (exact) mass is 366 g/mol. The van der Waals surface area contributed by atoms with Crippen molar-refractivity contribution in [2.75, 3.05) is 31.1 Å². The first-order valence-electron chi connectivity index (χ1n) is 8.66. The number of hydrogen-bond donors (Lipinski definition) is 0. The Morgan fingerprint density at radius 3 is 2.70 bits per heavy atom. The van der Waals surface area contributed by atoms with E-state index in [0.29, 0.717) is 44.2 Å². The predicted octanol–water partition coefficient (Wildman–Crippen LogP) is 1.32. The number of piperazine rings is 1. The summed E-state index contributed by atoms with van der Waals surface area (Å²) in [5, 5.41) is 11.2. The van der Waals surface area contributed by atoms with Crippen LogP contribution in [0.2, 0.25) is 0 Å². The fourth-order valence-electron chi connectivity index (χ4n) is 3.31. The van der Waals surface area contributed by atoms with Gasteiger partial charge in [-0.15, -0.1) is 0 Å². The number of fused-ring (bicyclic) bond motifs is 1. The van der Waals surface area contributed by atoms with Gasteiger partial charge >= 0.3 is 5.69 Å². The molecule has 1 saturated heterocycles. The van der Waals surface area contributed by atoms with Gasteiger partial charge in [-0.1, -0.05) is 6.07 Å². The third-order valence-electron chi connectivity index (χ3n) is 4.64. The highest BCUT2D eigenvalue weighted by Gasteiger charge is 2.24. The number of nitrogens with zero attached hydrogens (tertiary/aromatic N) is 6. The summed E-state index contributed by atoms with van der Waals surface area (Å²) in [6.45, 7) is 3.25. The topological polar surface area (TPSA) is 96.9 Å². The molecule has 0 unspecified atom stereocenters. The molecule has 0 radical (unpaired) electrons. The summed E-state index contributed by atoms with van der Waals surface area (Å²) in [6.07, 6.45) is 3.27. The van der Waals surface area contributed by atoms with E-state index in [2.05, 4.69) is 14.9 Å². The van der Waals surface area contributed by atoms with Crippen LogP contribution in [0.3, 0.4) is 0 Å². The Hall–Kier alpha value is -3.33. The molecular formula is C18H18N6O3. The maximum absolute atomic E-state index is 12.2. The van der Waals surface area contributed by atoms with E-state index in [0.717, 1.165) is 5.69 Å². The van der Waals surface area contributed by atoms with Crippen molar-refractivity contribution >= 4 is 17.2 Å². The Labute approximate surface area is 154 Å². The van der Waals surface area contributed by atoms with Crippen molar-refractivity contribution in [2.45, 2.75) is 6.54 Å². The molecule has 1 aliphatic heterocycles. The van der Waals surface area contributed by atoms with Crippen LogP contribution in [0.25, 0.3) is 5.65 Å². The van der Waals surface area contributed by atoms with E-state index >= 15 is 0 Å². The second-order valence-electron chi connectivity index (χ2n) is 6.38. The second kappa shape index (κ2) is 7.12. The van der Waals surface area contributed by atoms with Gasteiger partial charge < -0.3 is 4.90 Å². The normalized spacial score (nSPS) is 15.2. The van der Waals surface area contributed by atoms with Crippen molar-refractivity contribution in [3.05, 3.63) is 75.0 Å². The average Bonchev–Trinajstić information content (AvgIpc) is 2.69. The molecule has 4 rings (SSSR count). The van der Waals surface area contributed by atoms with Crippen LogP contribution in [0.4, 0.5) is 11.5 Å². The van der Waals surface area contributed by atoms with Crippen molar-refractivity contribution in [3.63, 3.8) is 0 Å². The first-order chi connectivity index (χ1) is 13.1. The average molecular weight is 366 g/mol. The number of aromatic nitrogens is 3. The minimum absolute atomic E-state index is 0.0233. The molecule has 0 atom stereocenters. The maximum atomic E-state index is 12.2. The van der Waals surface area contributed by atoms with Crippen molar-refractivity contribution in [2.24, 2.45) is 0 Å². The number of hydrogen-bond acceptors (Lipinski definition) is 7. The van der Waals surface area contributed by atoms with Gasteiger partial charge in [0.2, 0.25) is 5.82 Å². The molecule has 0 N–H and O–H groups in total. The highest BCUT2D eigenvalue weighted by atomic mass is 16.6. The lowest BCUT2D eigenvalue weighted by atomic mass is 10.2. The highest BCUT2D eigenvalue weighted by molar-refractivity contribution is 5.57. The van der Waals surface area contributed by atoms with E-state index in [9.17, 15) is 14.9 Å². The Kier molecular flexibility index (Phi) is 4.51. The van der Waals surface area contributed by atoms with Gasteiger partial charge in [0, 0.05) is 57.3 Å². The molecule has 138 valence electrons. The summed E-state index contributed by atoms with van der Waals surface area (Å²) >= 11 is 0. The lowest BCUT2D eigenvalue weighted by molar-refractivity contribution is -0.384. The smallest absolute Gasteiger partial charge is 0.311 e. The molecule has 1 aliphatic rings. The molecule has 0 spiro atoms. The molecule has 9 heteroatoms. The van der Waals surface area contributed by atoms with E-state index in [4.69, 9.17) is 0 Å². The van der Waals surface area contributed by atoms with Gasteiger partial charge in [0.05, 0.1) is 10.6 Å². The summed E-state index contributed by atoms with van der Waals surface area (Å²) in [5.41, 5.74) is 1.28. The van der Waals surface area contributed by atoms with E-state index in [1.54, 1.807) is 30.6 Å². The third-order valence-corrected chi connectivity index (χ3v) is 4.64. The van der Waals surface area contributed by atoms with Gasteiger partial charge in [0.15, 0.2) is 0 Å². The molecule has 27 heavy (non-hydrogen) atoms. The maximum Gasteiger partial charge on any atom is 0.311 e. The lowest BCUT2D eigenvalue weighted by Gasteiger charge is -2.34. The van der Waals surface area contributed by atoms with Crippen molar-refractivity contribution in [1.82, 2.24) is 19.3 Å². The molecule has 9 nitrogen and oxygen atoms in total. The van der Waals surface area contributed by atoms with E-state index in [-0.39, 0.29) is 11.2 Å². The minimum atomic E-state index is -0.402. The quantitative estimate of drug-likeness (QED) is 0.507. The molecule has 4 heterocycles. The van der Waals surface area contributed by atoms with Crippen LogP contribution < -0.4 is 10.5 Å². The zero-order chi connectivity index (χ0) is 18.8. The molecule has 0 aromatic carbocycles. The van der Waals surface area contributed by atoms with Crippen LogP contribution in [0.15, 0.2) is 53.6 Å². The van der Waals surface area contributed by atoms with Crippen LogP contribution in [0.1, 0.15) is 5.69 Å². The van der Waals surface area contributed by atoms with Gasteiger partial charge in [0.1, 0.15) is 5.65 Å². The summed E-state index contributed by atoms with van der Waals surface area (Å²) in [5.74, 6) is 0.407. The van der Waals surface area contributed by atoms with Gasteiger partial charge in [-0.05, 0) is 18.2 Å². The van der Waals surface area contributed by atoms with Gasteiger partial charge in [-0.2, -0.15) is 0 Å². The van der Waals surface area contributed by atoms with Crippen LogP contribution in [0.5, 0.6) is 0 Å². The fraction of sp³-hybridized carbons (Fsp3) is 0.278. The van der Waals surface area contributed by atoms with Gasteiger partial charge in [-0.25, -0.2) is 9.97 Å². The second-order valence-corrected chi connectivity index (χ2v) is 6.38. The van der Waals surface area contributed by atoms with Gasteiger partial charge in [0.25, 0.3) is 5.56 Å². The first kappa shape index (κ1) is 17.1. The standard InChI is InChI=1S/C18H18N6O3/c25-17-12-14(20-16-5-1-2-7-23(16)17)13-21-8-10-22(11-9-21)18-15(24(26)27)4-3-6-19-18/h1-7,12H,8-11,13H2. The summed E-state index contributed by atoms with van der Waals surface area (Å²) < 4.78 is 1.52. The zero-order valence-electron chi connectivity index (χ0n) is 14.6. The molecular weight excluding hydrogens is 348 g/mol. The van der Waals surface area contributed by atoms with Crippen LogP contribution in [-0.4, -0.2) is 50.4 Å². The van der Waals surface area contributed by atoms with Crippen LogP contribution >= 0.6 is 0 Å². The van der Waals surface area contributed by atoms with E-state index < -0.39 is 4.92 Å². The SMILES string of the molecule is O=c1cc(CN2CCN(c3ncccc3[N+](=O)[O-])CC2)nc2ccccn12. The third kappa shape index (κ3) is 3.49. The summed E-state index contributed by atoms with van der Waals surface area (Å²) in [4.78, 5) is 35.9. The fourth-order valence-corrected chi connectivity index (χ4v) is 3.31. The van der Waals surface area contributed by atoms with E-state index in [1.165, 1.54) is 10.5 Å².